The van der Waals surface area contributed by atoms with Gasteiger partial charge in [-0.3, -0.25) is 9.52 Å². The van der Waals surface area contributed by atoms with E-state index in [9.17, 15) is 17.6 Å². The molecule has 3 aromatic rings. The lowest BCUT2D eigenvalue weighted by Gasteiger charge is -2.66. The van der Waals surface area contributed by atoms with Crippen LogP contribution in [0.25, 0.3) is 11.1 Å². The second-order valence-corrected chi connectivity index (χ2v) is 17.3. The number of fused-ring (bicyclic) bond motifs is 3. The third-order valence-electron chi connectivity index (χ3n) is 10.8. The highest BCUT2D eigenvalue weighted by Crippen LogP contribution is 2.71. The molecule has 6 aliphatic rings. The van der Waals surface area contributed by atoms with Crippen LogP contribution in [-0.2, 0) is 25.6 Å². The van der Waals surface area contributed by atoms with Crippen molar-refractivity contribution in [1.29, 1.82) is 0 Å². The number of amides is 1. The molecule has 45 heavy (non-hydrogen) atoms. The number of rotatable bonds is 9. The van der Waals surface area contributed by atoms with E-state index in [0.717, 1.165) is 67.7 Å². The number of aromatic nitrogens is 4. The molecule has 2 heterocycles. The molecule has 0 unspecified atom stereocenters. The van der Waals surface area contributed by atoms with Gasteiger partial charge in [0.05, 0.1) is 6.26 Å². The van der Waals surface area contributed by atoms with Gasteiger partial charge in [0.1, 0.15) is 5.67 Å². The molecule has 0 radical (unpaired) electrons. The minimum Gasteiger partial charge on any atom is -0.339 e. The van der Waals surface area contributed by atoms with Gasteiger partial charge < -0.3 is 9.42 Å². The maximum absolute atomic E-state index is 14.4. The fourth-order valence-corrected chi connectivity index (χ4v) is 8.67. The Morgan fingerprint density at radius 3 is 2.20 bits per heavy atom. The zero-order chi connectivity index (χ0) is 31.9. The van der Waals surface area contributed by atoms with Crippen LogP contribution in [0.15, 0.2) is 41.2 Å². The lowest BCUT2D eigenvalue weighted by molar-refractivity contribution is -0.215. The zero-order valence-electron chi connectivity index (χ0n) is 26.4. The van der Waals surface area contributed by atoms with Gasteiger partial charge in [0, 0.05) is 47.4 Å². The molecular formula is C33H41FN6O4S. The number of alkyl halides is 1. The van der Waals surface area contributed by atoms with Gasteiger partial charge in [-0.15, -0.1) is 0 Å². The molecule has 1 amide bonds. The topological polar surface area (TPSA) is 131 Å². The van der Waals surface area contributed by atoms with E-state index in [4.69, 9.17) is 9.51 Å². The predicted molar refractivity (Wildman–Crippen MR) is 168 cm³/mol. The summed E-state index contributed by atoms with van der Waals surface area (Å²) in [4.78, 5) is 29.2. The summed E-state index contributed by atoms with van der Waals surface area (Å²) in [7, 11) is -3.49. The Morgan fingerprint density at radius 2 is 1.64 bits per heavy atom. The van der Waals surface area contributed by atoms with Crippen LogP contribution in [-0.4, -0.2) is 52.9 Å². The number of hydrogen-bond acceptors (Lipinski definition) is 8. The summed E-state index contributed by atoms with van der Waals surface area (Å²) in [6, 6.07) is 7.77. The summed E-state index contributed by atoms with van der Waals surface area (Å²) in [5.41, 5.74) is 0.751. The average Bonchev–Trinajstić information content (AvgIpc) is 3.48. The highest BCUT2D eigenvalue weighted by Gasteiger charge is 2.69. The van der Waals surface area contributed by atoms with Crippen molar-refractivity contribution in [3.8, 4) is 11.1 Å². The van der Waals surface area contributed by atoms with Crippen molar-refractivity contribution in [3.63, 3.8) is 0 Å². The van der Waals surface area contributed by atoms with Crippen LogP contribution < -0.4 is 9.62 Å². The van der Waals surface area contributed by atoms with Crippen LogP contribution in [0.4, 0.5) is 16.0 Å². The lowest BCUT2D eigenvalue weighted by atomic mass is 9.41. The molecule has 0 atom stereocenters. The smallest absolute Gasteiger partial charge is 0.236 e. The Labute approximate surface area is 263 Å². The fourth-order valence-electron chi connectivity index (χ4n) is 8.24. The van der Waals surface area contributed by atoms with E-state index in [1.54, 1.807) is 12.4 Å². The Balaban J connectivity index is 1.13. The van der Waals surface area contributed by atoms with Crippen molar-refractivity contribution in [2.45, 2.75) is 101 Å². The second-order valence-electron chi connectivity index (χ2n) is 15.5. The molecule has 4 bridgehead atoms. The van der Waals surface area contributed by atoms with Crippen LogP contribution in [0.2, 0.25) is 0 Å². The SMILES string of the molecule is CC(C)(C)c1noc(C23CCC(CN(C(=O)CC45CC(F)(C4)C5)c4cccc(-c5cnc(NS(C)(=O)=O)nc5)c4)(CC2)CC3)n1. The van der Waals surface area contributed by atoms with Crippen molar-refractivity contribution >= 4 is 27.6 Å². The van der Waals surface area contributed by atoms with E-state index >= 15 is 0 Å². The third kappa shape index (κ3) is 5.63. The Morgan fingerprint density at radius 1 is 1.00 bits per heavy atom. The van der Waals surface area contributed by atoms with Crippen molar-refractivity contribution in [1.82, 2.24) is 20.1 Å². The molecule has 10 nitrogen and oxygen atoms in total. The van der Waals surface area contributed by atoms with Crippen LogP contribution in [0, 0.1) is 10.8 Å². The number of hydrogen-bond donors (Lipinski definition) is 1. The van der Waals surface area contributed by atoms with Gasteiger partial charge in [-0.1, -0.05) is 38.1 Å². The number of nitrogens with zero attached hydrogens (tertiary/aromatic N) is 5. The number of carbonyl (C=O) groups is 1. The molecule has 1 N–H and O–H groups in total. The molecule has 6 aliphatic carbocycles. The van der Waals surface area contributed by atoms with Crippen molar-refractivity contribution in [3.05, 3.63) is 48.4 Å². The largest absolute Gasteiger partial charge is 0.339 e. The average molecular weight is 637 g/mol. The lowest BCUT2D eigenvalue weighted by Crippen LogP contribution is -2.65. The summed E-state index contributed by atoms with van der Waals surface area (Å²) < 4.78 is 45.7. The first kappa shape index (κ1) is 30.3. The fraction of sp³-hybridized carbons (Fsp3) is 0.606. The molecule has 1 aromatic carbocycles. The van der Waals surface area contributed by atoms with Gasteiger partial charge in [0.2, 0.25) is 27.8 Å². The molecule has 12 heteroatoms. The van der Waals surface area contributed by atoms with Crippen LogP contribution in [0.5, 0.6) is 0 Å². The number of benzene rings is 1. The number of carbonyl (C=O) groups excluding carboxylic acids is 1. The molecule has 0 saturated heterocycles. The molecule has 2 aromatic heterocycles. The number of halogens is 1. The first-order valence-electron chi connectivity index (χ1n) is 15.8. The normalized spacial score (nSPS) is 30.3. The molecule has 6 saturated carbocycles. The van der Waals surface area contributed by atoms with Gasteiger partial charge in [-0.05, 0) is 86.3 Å². The summed E-state index contributed by atoms with van der Waals surface area (Å²) in [6.07, 6.45) is 11.7. The maximum Gasteiger partial charge on any atom is 0.236 e. The molecule has 6 fully saturated rings. The van der Waals surface area contributed by atoms with Gasteiger partial charge in [0.15, 0.2) is 5.82 Å². The van der Waals surface area contributed by atoms with Crippen LogP contribution in [0.3, 0.4) is 0 Å². The van der Waals surface area contributed by atoms with Gasteiger partial charge in [0.25, 0.3) is 0 Å². The summed E-state index contributed by atoms with van der Waals surface area (Å²) in [6.45, 7) is 6.87. The van der Waals surface area contributed by atoms with Crippen molar-refractivity contribution in [2.24, 2.45) is 10.8 Å². The Hall–Kier alpha value is -3.41. The van der Waals surface area contributed by atoms with Gasteiger partial charge >= 0.3 is 0 Å². The second kappa shape index (κ2) is 10.0. The Kier molecular flexibility index (Phi) is 6.75. The summed E-state index contributed by atoms with van der Waals surface area (Å²) >= 11 is 0. The molecular weight excluding hydrogens is 595 g/mol. The highest BCUT2D eigenvalue weighted by atomic mass is 32.2. The minimum atomic E-state index is -3.49. The van der Waals surface area contributed by atoms with E-state index < -0.39 is 15.7 Å². The summed E-state index contributed by atoms with van der Waals surface area (Å²) in [5, 5.41) is 4.31. The van der Waals surface area contributed by atoms with Gasteiger partial charge in [-0.25, -0.2) is 22.8 Å². The first-order chi connectivity index (χ1) is 21.1. The van der Waals surface area contributed by atoms with Crippen LogP contribution >= 0.6 is 0 Å². The van der Waals surface area contributed by atoms with Crippen LogP contribution in [0.1, 0.15) is 96.7 Å². The van der Waals surface area contributed by atoms with E-state index in [2.05, 4.69) is 40.6 Å². The Bertz CT molecular complexity index is 1700. The third-order valence-corrected chi connectivity index (χ3v) is 11.3. The number of sulfonamides is 1. The van der Waals surface area contributed by atoms with E-state index in [1.165, 1.54) is 0 Å². The zero-order valence-corrected chi connectivity index (χ0v) is 27.2. The standard InChI is InChI=1S/C33H41FN6O4S/c1-29(2,3)26-37-27(44-38-26)32-11-8-30(9-12-32,10-13-32)21-40(25(41)15-31-18-33(34,19-31)20-31)24-7-5-6-22(14-24)23-16-35-28(36-17-23)39-45(4,42)43/h5-7,14,16-17H,8-13,15,18-21H2,1-4H3,(H,35,36,39). The van der Waals surface area contributed by atoms with Crippen molar-refractivity contribution in [2.75, 3.05) is 22.4 Å². The minimum absolute atomic E-state index is 0.00154. The number of nitrogens with one attached hydrogen (secondary N) is 1. The first-order valence-corrected chi connectivity index (χ1v) is 17.7. The van der Waals surface area contributed by atoms with E-state index in [1.807, 2.05) is 29.2 Å². The number of anilines is 2. The molecule has 0 spiro atoms. The predicted octanol–water partition coefficient (Wildman–Crippen LogP) is 6.10. The van der Waals surface area contributed by atoms with Crippen molar-refractivity contribution < 1.29 is 22.1 Å². The molecule has 0 aliphatic heterocycles. The van der Waals surface area contributed by atoms with E-state index in [-0.39, 0.29) is 33.5 Å². The summed E-state index contributed by atoms with van der Waals surface area (Å²) in [5.74, 6) is 1.53. The maximum atomic E-state index is 14.4. The van der Waals surface area contributed by atoms with E-state index in [0.29, 0.717) is 37.8 Å². The van der Waals surface area contributed by atoms with Gasteiger partial charge in [-0.2, -0.15) is 4.98 Å². The molecule has 9 rings (SSSR count). The highest BCUT2D eigenvalue weighted by molar-refractivity contribution is 7.91. The monoisotopic (exact) mass is 636 g/mol. The quantitative estimate of drug-likeness (QED) is 0.298. The molecule has 240 valence electrons.